The van der Waals surface area contributed by atoms with E-state index >= 15 is 0 Å². The molecule has 3 nitrogen and oxygen atoms in total. The maximum atomic E-state index is 5.83. The van der Waals surface area contributed by atoms with Crippen LogP contribution in [0, 0.1) is 0 Å². The lowest BCUT2D eigenvalue weighted by atomic mass is 10.3. The minimum absolute atomic E-state index is 0.659. The molecule has 0 unspecified atom stereocenters. The van der Waals surface area contributed by atoms with Crippen LogP contribution in [0.3, 0.4) is 0 Å². The molecule has 0 aromatic heterocycles. The maximum Gasteiger partial charge on any atom is 0.161 e. The van der Waals surface area contributed by atoms with E-state index < -0.39 is 0 Å². The molecule has 0 fully saturated rings. The molecule has 0 radical (unpaired) electrons. The van der Waals surface area contributed by atoms with Gasteiger partial charge in [-0.1, -0.05) is 35.0 Å². The van der Waals surface area contributed by atoms with Crippen LogP contribution in [-0.4, -0.2) is 43.1 Å². The number of nitrogens with zero attached hydrogens (tertiary/aromatic N) is 1. The van der Waals surface area contributed by atoms with Crippen molar-refractivity contribution in [3.05, 3.63) is 24.3 Å². The SMILES string of the molecule is CCCN(CCBr)CCOc1ccccc1OCC. The maximum absolute atomic E-state index is 5.83. The second-order valence-electron chi connectivity index (χ2n) is 4.26. The molecule has 0 aliphatic carbocycles. The second kappa shape index (κ2) is 10.1. The lowest BCUT2D eigenvalue weighted by Crippen LogP contribution is -2.31. The molecule has 108 valence electrons. The van der Waals surface area contributed by atoms with Gasteiger partial charge in [-0.2, -0.15) is 0 Å². The van der Waals surface area contributed by atoms with Crippen LogP contribution in [0.5, 0.6) is 11.5 Å². The van der Waals surface area contributed by atoms with Gasteiger partial charge >= 0.3 is 0 Å². The summed E-state index contributed by atoms with van der Waals surface area (Å²) in [7, 11) is 0. The van der Waals surface area contributed by atoms with E-state index in [9.17, 15) is 0 Å². The van der Waals surface area contributed by atoms with E-state index in [-0.39, 0.29) is 0 Å². The fraction of sp³-hybridized carbons (Fsp3) is 0.600. The average Bonchev–Trinajstić information content (AvgIpc) is 2.41. The van der Waals surface area contributed by atoms with Crippen molar-refractivity contribution < 1.29 is 9.47 Å². The van der Waals surface area contributed by atoms with E-state index in [1.165, 1.54) is 6.42 Å². The number of ether oxygens (including phenoxy) is 2. The van der Waals surface area contributed by atoms with E-state index in [2.05, 4.69) is 27.8 Å². The number of para-hydroxylation sites is 2. The minimum atomic E-state index is 0.659. The summed E-state index contributed by atoms with van der Waals surface area (Å²) in [5, 5.41) is 1.00. The van der Waals surface area contributed by atoms with Crippen molar-refractivity contribution in [3.8, 4) is 11.5 Å². The number of halogens is 1. The van der Waals surface area contributed by atoms with Gasteiger partial charge < -0.3 is 9.47 Å². The van der Waals surface area contributed by atoms with Crippen molar-refractivity contribution in [2.75, 3.05) is 38.2 Å². The molecule has 0 saturated carbocycles. The smallest absolute Gasteiger partial charge is 0.161 e. The van der Waals surface area contributed by atoms with Crippen LogP contribution < -0.4 is 9.47 Å². The highest BCUT2D eigenvalue weighted by Crippen LogP contribution is 2.26. The lowest BCUT2D eigenvalue weighted by molar-refractivity contribution is 0.209. The van der Waals surface area contributed by atoms with E-state index in [0.29, 0.717) is 13.2 Å². The molecule has 0 aliphatic heterocycles. The van der Waals surface area contributed by atoms with Gasteiger partial charge in [0.25, 0.3) is 0 Å². The molecular weight excluding hydrogens is 306 g/mol. The fourth-order valence-corrected chi connectivity index (χ4v) is 2.40. The Kier molecular flexibility index (Phi) is 8.67. The van der Waals surface area contributed by atoms with Crippen LogP contribution in [0.2, 0.25) is 0 Å². The number of benzene rings is 1. The van der Waals surface area contributed by atoms with Crippen LogP contribution >= 0.6 is 15.9 Å². The molecule has 1 rings (SSSR count). The molecule has 0 heterocycles. The second-order valence-corrected chi connectivity index (χ2v) is 5.05. The summed E-state index contributed by atoms with van der Waals surface area (Å²) in [4.78, 5) is 2.40. The zero-order valence-corrected chi connectivity index (χ0v) is 13.5. The van der Waals surface area contributed by atoms with Gasteiger partial charge in [0, 0.05) is 18.4 Å². The quantitative estimate of drug-likeness (QED) is 0.612. The van der Waals surface area contributed by atoms with Gasteiger partial charge in [0.05, 0.1) is 6.61 Å². The van der Waals surface area contributed by atoms with Gasteiger partial charge in [0.2, 0.25) is 0 Å². The first-order valence-electron chi connectivity index (χ1n) is 6.94. The highest BCUT2D eigenvalue weighted by Gasteiger charge is 2.06. The first-order valence-corrected chi connectivity index (χ1v) is 8.06. The number of alkyl halides is 1. The number of hydrogen-bond donors (Lipinski definition) is 0. The summed E-state index contributed by atoms with van der Waals surface area (Å²) in [6.45, 7) is 8.65. The lowest BCUT2D eigenvalue weighted by Gasteiger charge is -2.21. The Labute approximate surface area is 125 Å². The van der Waals surface area contributed by atoms with Gasteiger partial charge in [0.1, 0.15) is 6.61 Å². The standard InChI is InChI=1S/C15H24BrNO2/c1-3-10-17(11-9-16)12-13-19-15-8-6-5-7-14(15)18-4-2/h5-8H,3-4,9-13H2,1-2H3. The van der Waals surface area contributed by atoms with E-state index in [0.717, 1.165) is 36.5 Å². The predicted octanol–water partition coefficient (Wildman–Crippen LogP) is 3.57. The van der Waals surface area contributed by atoms with Crippen LogP contribution in [0.1, 0.15) is 20.3 Å². The third kappa shape index (κ3) is 6.30. The summed E-state index contributed by atoms with van der Waals surface area (Å²) >= 11 is 3.49. The zero-order chi connectivity index (χ0) is 13.9. The van der Waals surface area contributed by atoms with Gasteiger partial charge in [-0.3, -0.25) is 4.90 Å². The summed E-state index contributed by atoms with van der Waals surface area (Å²) in [5.74, 6) is 1.66. The van der Waals surface area contributed by atoms with Crippen LogP contribution in [0.4, 0.5) is 0 Å². The minimum Gasteiger partial charge on any atom is -0.490 e. The largest absolute Gasteiger partial charge is 0.490 e. The Hall–Kier alpha value is -0.740. The zero-order valence-electron chi connectivity index (χ0n) is 11.9. The third-order valence-corrected chi connectivity index (χ3v) is 3.11. The van der Waals surface area contributed by atoms with Crippen LogP contribution in [0.25, 0.3) is 0 Å². The summed E-state index contributed by atoms with van der Waals surface area (Å²) < 4.78 is 11.4. The van der Waals surface area contributed by atoms with E-state index in [4.69, 9.17) is 9.47 Å². The molecule has 1 aromatic rings. The Balaban J connectivity index is 2.42. The van der Waals surface area contributed by atoms with E-state index in [1.807, 2.05) is 31.2 Å². The summed E-state index contributed by atoms with van der Waals surface area (Å²) in [6, 6.07) is 7.84. The first kappa shape index (κ1) is 16.3. The summed E-state index contributed by atoms with van der Waals surface area (Å²) in [5.41, 5.74) is 0. The highest BCUT2D eigenvalue weighted by molar-refractivity contribution is 9.09. The van der Waals surface area contributed by atoms with Crippen molar-refractivity contribution in [1.29, 1.82) is 0 Å². The molecule has 0 bridgehead atoms. The topological polar surface area (TPSA) is 21.7 Å². The molecule has 0 saturated heterocycles. The van der Waals surface area contributed by atoms with Crippen LogP contribution in [0.15, 0.2) is 24.3 Å². The van der Waals surface area contributed by atoms with Gasteiger partial charge in [-0.25, -0.2) is 0 Å². The highest BCUT2D eigenvalue weighted by atomic mass is 79.9. The van der Waals surface area contributed by atoms with Crippen LogP contribution in [-0.2, 0) is 0 Å². The van der Waals surface area contributed by atoms with Gasteiger partial charge in [-0.15, -0.1) is 0 Å². The third-order valence-electron chi connectivity index (χ3n) is 2.75. The predicted molar refractivity (Wildman–Crippen MR) is 83.6 cm³/mol. The van der Waals surface area contributed by atoms with Crippen molar-refractivity contribution in [1.82, 2.24) is 4.90 Å². The molecular formula is C15H24BrNO2. The van der Waals surface area contributed by atoms with Crippen molar-refractivity contribution in [3.63, 3.8) is 0 Å². The molecule has 19 heavy (non-hydrogen) atoms. The molecule has 1 aromatic carbocycles. The molecule has 0 aliphatic rings. The Morgan fingerprint density at radius 1 is 1.00 bits per heavy atom. The average molecular weight is 330 g/mol. The van der Waals surface area contributed by atoms with Gasteiger partial charge in [0.15, 0.2) is 11.5 Å². The van der Waals surface area contributed by atoms with Crippen molar-refractivity contribution in [2.45, 2.75) is 20.3 Å². The Bertz CT molecular complexity index is 341. The van der Waals surface area contributed by atoms with Gasteiger partial charge in [-0.05, 0) is 32.0 Å². The normalized spacial score (nSPS) is 10.7. The monoisotopic (exact) mass is 329 g/mol. The molecule has 0 atom stereocenters. The first-order chi connectivity index (χ1) is 9.31. The Morgan fingerprint density at radius 2 is 1.68 bits per heavy atom. The fourth-order valence-electron chi connectivity index (χ4n) is 1.90. The van der Waals surface area contributed by atoms with Crippen molar-refractivity contribution in [2.24, 2.45) is 0 Å². The molecule has 0 spiro atoms. The number of rotatable bonds is 10. The molecule has 4 heteroatoms. The molecule has 0 N–H and O–H groups in total. The summed E-state index contributed by atoms with van der Waals surface area (Å²) in [6.07, 6.45) is 1.17. The number of hydrogen-bond acceptors (Lipinski definition) is 3. The molecule has 0 amide bonds. The van der Waals surface area contributed by atoms with E-state index in [1.54, 1.807) is 0 Å². The van der Waals surface area contributed by atoms with Crippen molar-refractivity contribution >= 4 is 15.9 Å². The Morgan fingerprint density at radius 3 is 2.26 bits per heavy atom.